The van der Waals surface area contributed by atoms with Crippen molar-refractivity contribution in [1.29, 1.82) is 0 Å². The molecule has 0 saturated carbocycles. The predicted molar refractivity (Wildman–Crippen MR) is 92.5 cm³/mol. The lowest BCUT2D eigenvalue weighted by molar-refractivity contribution is 0.0999. The second-order valence-electron chi connectivity index (χ2n) is 5.14. The lowest BCUT2D eigenvalue weighted by atomic mass is 10.1. The summed E-state index contributed by atoms with van der Waals surface area (Å²) in [6, 6.07) is 27.3. The molecule has 3 rings (SSSR count). The Bertz CT molecular complexity index is 728. The summed E-state index contributed by atoms with van der Waals surface area (Å²) in [5, 5.41) is 0. The maximum absolute atomic E-state index is 13.0. The first-order valence-corrected chi connectivity index (χ1v) is 7.44. The Kier molecular flexibility index (Phi) is 4.50. The molecule has 0 aliphatic rings. The molecule has 0 bridgehead atoms. The van der Waals surface area contributed by atoms with Crippen LogP contribution in [0.25, 0.3) is 0 Å². The minimum absolute atomic E-state index is 0.0778. The van der Waals surface area contributed by atoms with Crippen LogP contribution in [0.3, 0.4) is 0 Å². The van der Waals surface area contributed by atoms with Crippen molar-refractivity contribution in [2.75, 3.05) is 4.90 Å². The van der Waals surface area contributed by atoms with Crippen LogP contribution in [0.1, 0.15) is 15.9 Å². The van der Waals surface area contributed by atoms with Crippen LogP contribution in [0.2, 0.25) is 0 Å². The number of carbonyl (C=O) groups is 1. The molecule has 0 spiro atoms. The van der Waals surface area contributed by atoms with Crippen molar-refractivity contribution in [2.24, 2.45) is 5.73 Å². The standard InChI is InChI=1S/C20H17N2O/c21-15-16-11-13-17(14-12-16)20(23)22(18-7-3-1-4-8-18)19-9-5-2-6-10-19/h1,3-14H,15,21H2. The van der Waals surface area contributed by atoms with Gasteiger partial charge in [-0.2, -0.15) is 0 Å². The summed E-state index contributed by atoms with van der Waals surface area (Å²) >= 11 is 0. The van der Waals surface area contributed by atoms with E-state index in [1.807, 2.05) is 66.7 Å². The van der Waals surface area contributed by atoms with E-state index < -0.39 is 0 Å². The summed E-state index contributed by atoms with van der Waals surface area (Å²) in [7, 11) is 0. The Morgan fingerprint density at radius 2 is 1.48 bits per heavy atom. The van der Waals surface area contributed by atoms with E-state index in [-0.39, 0.29) is 5.91 Å². The third-order valence-corrected chi connectivity index (χ3v) is 3.61. The second kappa shape index (κ2) is 6.90. The first kappa shape index (κ1) is 15.0. The van der Waals surface area contributed by atoms with Gasteiger partial charge in [0.2, 0.25) is 0 Å². The average molecular weight is 301 g/mol. The summed E-state index contributed by atoms with van der Waals surface area (Å²) < 4.78 is 0. The zero-order chi connectivity index (χ0) is 16.1. The van der Waals surface area contributed by atoms with Gasteiger partial charge in [0.1, 0.15) is 0 Å². The van der Waals surface area contributed by atoms with Crippen molar-refractivity contribution in [1.82, 2.24) is 0 Å². The van der Waals surface area contributed by atoms with Gasteiger partial charge < -0.3 is 5.73 Å². The third kappa shape index (κ3) is 3.30. The van der Waals surface area contributed by atoms with Gasteiger partial charge in [-0.3, -0.25) is 9.69 Å². The van der Waals surface area contributed by atoms with Gasteiger partial charge in [0.05, 0.1) is 0 Å². The van der Waals surface area contributed by atoms with Gasteiger partial charge in [-0.25, -0.2) is 0 Å². The zero-order valence-corrected chi connectivity index (χ0v) is 12.6. The van der Waals surface area contributed by atoms with Gasteiger partial charge in [0.15, 0.2) is 0 Å². The van der Waals surface area contributed by atoms with Gasteiger partial charge in [-0.1, -0.05) is 42.5 Å². The summed E-state index contributed by atoms with van der Waals surface area (Å²) in [5.41, 5.74) is 8.88. The predicted octanol–water partition coefficient (Wildman–Crippen LogP) is 3.92. The van der Waals surface area contributed by atoms with Gasteiger partial charge in [0, 0.05) is 23.5 Å². The Hall–Kier alpha value is -2.91. The summed E-state index contributed by atoms with van der Waals surface area (Å²) in [5.74, 6) is -0.0778. The van der Waals surface area contributed by atoms with Crippen LogP contribution in [-0.2, 0) is 6.54 Å². The highest BCUT2D eigenvalue weighted by Crippen LogP contribution is 2.27. The molecule has 0 heterocycles. The molecule has 0 aliphatic carbocycles. The molecule has 3 aromatic rings. The number of amides is 1. The number of carbonyl (C=O) groups excluding carboxylic acids is 1. The molecule has 0 aromatic heterocycles. The molecule has 0 saturated heterocycles. The Balaban J connectivity index is 2.02. The molecule has 1 radical (unpaired) electrons. The molecule has 0 aliphatic heterocycles. The molecule has 1 amide bonds. The van der Waals surface area contributed by atoms with Crippen molar-refractivity contribution in [2.45, 2.75) is 6.54 Å². The molecule has 3 aromatic carbocycles. The Morgan fingerprint density at radius 3 is 2.09 bits per heavy atom. The molecule has 0 unspecified atom stereocenters. The van der Waals surface area contributed by atoms with Gasteiger partial charge in [-0.05, 0) is 48.0 Å². The van der Waals surface area contributed by atoms with Crippen LogP contribution in [0.4, 0.5) is 11.4 Å². The number of benzene rings is 3. The molecular weight excluding hydrogens is 284 g/mol. The van der Waals surface area contributed by atoms with Crippen LogP contribution < -0.4 is 10.6 Å². The van der Waals surface area contributed by atoms with E-state index >= 15 is 0 Å². The largest absolute Gasteiger partial charge is 0.326 e. The van der Waals surface area contributed by atoms with Crippen molar-refractivity contribution >= 4 is 17.3 Å². The van der Waals surface area contributed by atoms with Gasteiger partial charge in [-0.15, -0.1) is 0 Å². The van der Waals surface area contributed by atoms with Crippen molar-refractivity contribution < 1.29 is 4.79 Å². The smallest absolute Gasteiger partial charge is 0.262 e. The molecule has 0 atom stereocenters. The highest BCUT2D eigenvalue weighted by Gasteiger charge is 2.19. The summed E-state index contributed by atoms with van der Waals surface area (Å²) in [4.78, 5) is 14.7. The lowest BCUT2D eigenvalue weighted by Crippen LogP contribution is -2.25. The van der Waals surface area contributed by atoms with Gasteiger partial charge >= 0.3 is 0 Å². The van der Waals surface area contributed by atoms with E-state index in [4.69, 9.17) is 5.73 Å². The first-order chi connectivity index (χ1) is 11.3. The Morgan fingerprint density at radius 1 is 0.870 bits per heavy atom. The van der Waals surface area contributed by atoms with Crippen LogP contribution in [-0.4, -0.2) is 5.91 Å². The second-order valence-corrected chi connectivity index (χ2v) is 5.14. The average Bonchev–Trinajstić information content (AvgIpc) is 2.64. The monoisotopic (exact) mass is 301 g/mol. The normalized spacial score (nSPS) is 10.3. The maximum Gasteiger partial charge on any atom is 0.262 e. The van der Waals surface area contributed by atoms with Crippen LogP contribution in [0.5, 0.6) is 0 Å². The molecule has 113 valence electrons. The molecule has 23 heavy (non-hydrogen) atoms. The number of hydrogen-bond donors (Lipinski definition) is 1. The van der Waals surface area contributed by atoms with E-state index in [2.05, 4.69) is 6.07 Å². The quantitative estimate of drug-likeness (QED) is 0.794. The fraction of sp³-hybridized carbons (Fsp3) is 0.0500. The van der Waals surface area contributed by atoms with Gasteiger partial charge in [0.25, 0.3) is 5.91 Å². The van der Waals surface area contributed by atoms with E-state index in [0.29, 0.717) is 12.1 Å². The zero-order valence-electron chi connectivity index (χ0n) is 12.6. The number of nitrogens with two attached hydrogens (primary N) is 1. The van der Waals surface area contributed by atoms with Crippen LogP contribution >= 0.6 is 0 Å². The number of para-hydroxylation sites is 1. The highest BCUT2D eigenvalue weighted by atomic mass is 16.2. The molecule has 0 fully saturated rings. The third-order valence-electron chi connectivity index (χ3n) is 3.61. The number of anilines is 2. The maximum atomic E-state index is 13.0. The topological polar surface area (TPSA) is 46.3 Å². The lowest BCUT2D eigenvalue weighted by Gasteiger charge is -2.23. The van der Waals surface area contributed by atoms with E-state index in [1.165, 1.54) is 0 Å². The van der Waals surface area contributed by atoms with E-state index in [1.54, 1.807) is 17.0 Å². The molecular formula is C20H17N2O. The number of nitrogens with zero attached hydrogens (tertiary/aromatic N) is 1. The highest BCUT2D eigenvalue weighted by molar-refractivity contribution is 6.10. The van der Waals surface area contributed by atoms with Crippen LogP contribution in [0, 0.1) is 6.07 Å². The number of hydrogen-bond acceptors (Lipinski definition) is 2. The summed E-state index contributed by atoms with van der Waals surface area (Å²) in [6.07, 6.45) is 0. The minimum atomic E-state index is -0.0778. The molecule has 3 heteroatoms. The molecule has 3 nitrogen and oxygen atoms in total. The Labute approximate surface area is 136 Å². The van der Waals surface area contributed by atoms with E-state index in [0.717, 1.165) is 16.9 Å². The first-order valence-electron chi connectivity index (χ1n) is 7.44. The van der Waals surface area contributed by atoms with Crippen LogP contribution in [0.15, 0.2) is 78.9 Å². The fourth-order valence-corrected chi connectivity index (χ4v) is 2.40. The van der Waals surface area contributed by atoms with E-state index in [9.17, 15) is 4.79 Å². The SMILES string of the molecule is NCc1ccc(C(=O)N(c2cc[c]cc2)c2ccccc2)cc1. The number of rotatable bonds is 4. The summed E-state index contributed by atoms with van der Waals surface area (Å²) in [6.45, 7) is 0.464. The van der Waals surface area contributed by atoms with Crippen molar-refractivity contribution in [3.8, 4) is 0 Å². The van der Waals surface area contributed by atoms with Crippen molar-refractivity contribution in [3.63, 3.8) is 0 Å². The fourth-order valence-electron chi connectivity index (χ4n) is 2.40. The minimum Gasteiger partial charge on any atom is -0.326 e. The van der Waals surface area contributed by atoms with Crippen molar-refractivity contribution in [3.05, 3.63) is 96.1 Å². The molecule has 2 N–H and O–H groups in total.